The second-order valence-electron chi connectivity index (χ2n) is 14.5. The summed E-state index contributed by atoms with van der Waals surface area (Å²) < 4.78 is 65.6. The van der Waals surface area contributed by atoms with Gasteiger partial charge in [0.25, 0.3) is 0 Å². The quantitative estimate of drug-likeness (QED) is 0.0501. The van der Waals surface area contributed by atoms with E-state index in [4.69, 9.17) is 28.4 Å². The lowest BCUT2D eigenvalue weighted by atomic mass is 9.86. The lowest BCUT2D eigenvalue weighted by molar-refractivity contribution is 0.0280. The molecule has 0 atom stereocenters. The van der Waals surface area contributed by atoms with E-state index in [-0.39, 0.29) is 42.4 Å². The van der Waals surface area contributed by atoms with Crippen LogP contribution in [0.1, 0.15) is 32.2 Å². The van der Waals surface area contributed by atoms with E-state index < -0.39 is 21.8 Å². The number of aromatic amines is 1. The Bertz CT molecular complexity index is 2640. The summed E-state index contributed by atoms with van der Waals surface area (Å²) >= 11 is 0. The molecule has 2 aromatic heterocycles. The number of benzene rings is 4. The molecule has 322 valence electrons. The van der Waals surface area contributed by atoms with Crippen LogP contribution in [0.3, 0.4) is 0 Å². The van der Waals surface area contributed by atoms with Gasteiger partial charge in [-0.3, -0.25) is 14.2 Å². The van der Waals surface area contributed by atoms with Gasteiger partial charge in [0.2, 0.25) is 10.0 Å². The van der Waals surface area contributed by atoms with Crippen LogP contribution >= 0.6 is 0 Å². The summed E-state index contributed by atoms with van der Waals surface area (Å²) in [5.41, 5.74) is 2.06. The molecule has 5 N–H and O–H groups in total. The second kappa shape index (κ2) is 19.5. The van der Waals surface area contributed by atoms with Crippen molar-refractivity contribution in [3.8, 4) is 28.7 Å². The van der Waals surface area contributed by atoms with Crippen molar-refractivity contribution in [2.75, 3.05) is 67.6 Å². The molecule has 0 saturated carbocycles. The average molecular weight is 858 g/mol. The number of H-pyrrole nitrogens is 1. The number of urea groups is 1. The van der Waals surface area contributed by atoms with Gasteiger partial charge in [0.1, 0.15) is 42.0 Å². The molecule has 0 spiro atoms. The normalized spacial score (nSPS) is 11.5. The summed E-state index contributed by atoms with van der Waals surface area (Å²) in [5, 5.41) is 14.0. The average Bonchev–Trinajstić information content (AvgIpc) is 3.63. The summed E-state index contributed by atoms with van der Waals surface area (Å²) in [7, 11) is -0.689. The fourth-order valence-electron chi connectivity index (χ4n) is 5.99. The van der Waals surface area contributed by atoms with Gasteiger partial charge in [0, 0.05) is 46.9 Å². The van der Waals surface area contributed by atoms with Crippen LogP contribution in [0.5, 0.6) is 28.7 Å². The number of hydrogen-bond donors (Lipinski definition) is 5. The van der Waals surface area contributed by atoms with Gasteiger partial charge in [-0.05, 0) is 41.3 Å². The lowest BCUT2D eigenvalue weighted by Crippen LogP contribution is -2.22. The summed E-state index contributed by atoms with van der Waals surface area (Å²) in [5.74, 6) is 2.46. The number of methoxy groups -OCH3 is 2. The minimum absolute atomic E-state index is 0.101. The molecule has 6 aromatic rings. The van der Waals surface area contributed by atoms with E-state index >= 15 is 0 Å². The van der Waals surface area contributed by atoms with Gasteiger partial charge in [-0.2, -0.15) is 0 Å². The van der Waals surface area contributed by atoms with E-state index in [1.165, 1.54) is 7.11 Å². The number of aromatic nitrogens is 3. The molecule has 0 saturated heterocycles. The topological polar surface area (TPSA) is 226 Å². The SMILES string of the molecule is COc1cc(Nc2cc(Oc3ccc(NC(=O)Nc4cc(C(C)(C)C)cc(NS(C)(=O)=O)c4OC)c4ccccc34)ccn2)cc(OCCOCCOCc2noc(=O)[nH]2)c1. The molecule has 0 aliphatic heterocycles. The van der Waals surface area contributed by atoms with Crippen molar-refractivity contribution < 1.29 is 46.2 Å². The van der Waals surface area contributed by atoms with Crippen LogP contribution in [0.4, 0.5) is 33.4 Å². The number of rotatable bonds is 19. The van der Waals surface area contributed by atoms with Gasteiger partial charge >= 0.3 is 11.8 Å². The second-order valence-corrected chi connectivity index (χ2v) is 16.3. The number of pyridine rings is 1. The largest absolute Gasteiger partial charge is 0.497 e. The molecule has 0 aliphatic carbocycles. The summed E-state index contributed by atoms with van der Waals surface area (Å²) in [6, 6.07) is 22.7. The summed E-state index contributed by atoms with van der Waals surface area (Å²) in [4.78, 5) is 31.4. The monoisotopic (exact) mass is 857 g/mol. The first-order valence-electron chi connectivity index (χ1n) is 18.9. The Balaban J connectivity index is 1.10. The first-order valence-corrected chi connectivity index (χ1v) is 20.8. The van der Waals surface area contributed by atoms with Crippen molar-refractivity contribution in [1.82, 2.24) is 15.1 Å². The van der Waals surface area contributed by atoms with Crippen LogP contribution in [0.15, 0.2) is 94.4 Å². The fourth-order valence-corrected chi connectivity index (χ4v) is 6.54. The van der Waals surface area contributed by atoms with Crippen molar-refractivity contribution >= 4 is 55.4 Å². The predicted octanol–water partition coefficient (Wildman–Crippen LogP) is 7.39. The van der Waals surface area contributed by atoms with Gasteiger partial charge in [-0.15, -0.1) is 0 Å². The van der Waals surface area contributed by atoms with Crippen LogP contribution in [-0.4, -0.2) is 76.5 Å². The first kappa shape index (κ1) is 43.7. The van der Waals surface area contributed by atoms with Crippen LogP contribution < -0.4 is 45.4 Å². The number of anilines is 5. The Labute approximate surface area is 351 Å². The molecular weight excluding hydrogens is 811 g/mol. The smallest absolute Gasteiger partial charge is 0.438 e. The Hall–Kier alpha value is -6.83. The number of hydrogen-bond acceptors (Lipinski definition) is 14. The number of amides is 2. The van der Waals surface area contributed by atoms with Crippen molar-refractivity contribution in [1.29, 1.82) is 0 Å². The minimum Gasteiger partial charge on any atom is -0.497 e. The molecule has 4 aromatic carbocycles. The highest BCUT2D eigenvalue weighted by molar-refractivity contribution is 7.92. The molecule has 0 bridgehead atoms. The van der Waals surface area contributed by atoms with Crippen molar-refractivity contribution in [2.45, 2.75) is 32.8 Å². The molecule has 19 heteroatoms. The van der Waals surface area contributed by atoms with E-state index in [0.29, 0.717) is 64.6 Å². The lowest BCUT2D eigenvalue weighted by Gasteiger charge is -2.24. The molecule has 18 nitrogen and oxygen atoms in total. The number of sulfonamides is 1. The molecule has 0 radical (unpaired) electrons. The maximum absolute atomic E-state index is 13.5. The van der Waals surface area contributed by atoms with Crippen molar-refractivity contribution in [3.05, 3.63) is 107 Å². The number of nitrogens with one attached hydrogen (secondary N) is 5. The zero-order valence-corrected chi connectivity index (χ0v) is 35.2. The number of carbonyl (C=O) groups excluding carboxylic acids is 1. The van der Waals surface area contributed by atoms with Crippen LogP contribution in [0, 0.1) is 0 Å². The van der Waals surface area contributed by atoms with E-state index in [2.05, 4.69) is 40.3 Å². The number of ether oxygens (including phenoxy) is 6. The Morgan fingerprint density at radius 2 is 1.52 bits per heavy atom. The van der Waals surface area contributed by atoms with Crippen LogP contribution in [0.25, 0.3) is 10.8 Å². The highest BCUT2D eigenvalue weighted by Gasteiger charge is 2.23. The minimum atomic E-state index is -3.65. The number of carbonyl (C=O) groups is 1. The third-order valence-electron chi connectivity index (χ3n) is 8.77. The highest BCUT2D eigenvalue weighted by atomic mass is 32.2. The van der Waals surface area contributed by atoms with Crippen molar-refractivity contribution in [3.63, 3.8) is 0 Å². The molecule has 2 amide bonds. The Morgan fingerprint density at radius 1 is 0.803 bits per heavy atom. The standard InChI is InChI=1S/C42H47N7O11S/c1-42(2,3)26-19-34(39(55-5)35(20-26)49-61(6,52)53)46-40(50)45-33-11-12-36(32-10-8-7-9-31(32)33)59-28-13-14-43-37(24-28)44-27-21-29(54-4)23-30(22-27)58-18-17-56-15-16-57-25-38-47-41(51)60-48-38/h7-14,19-24,49H,15-18,25H2,1-6H3,(H,43,44)(H2,45,46,50)(H,47,48,51). The molecule has 0 fully saturated rings. The predicted molar refractivity (Wildman–Crippen MR) is 230 cm³/mol. The van der Waals surface area contributed by atoms with E-state index in [1.54, 1.807) is 67.9 Å². The first-order chi connectivity index (χ1) is 29.2. The fraction of sp³-hybridized carbons (Fsp3) is 0.286. The molecule has 2 heterocycles. The molecule has 6 rings (SSSR count). The van der Waals surface area contributed by atoms with Crippen molar-refractivity contribution in [2.24, 2.45) is 0 Å². The maximum Gasteiger partial charge on any atom is 0.438 e. The third-order valence-corrected chi connectivity index (χ3v) is 9.37. The van der Waals surface area contributed by atoms with Gasteiger partial charge in [-0.1, -0.05) is 50.2 Å². The third kappa shape index (κ3) is 12.4. The molecule has 61 heavy (non-hydrogen) atoms. The molecular formula is C42H47N7O11S. The Kier molecular flexibility index (Phi) is 14.0. The van der Waals surface area contributed by atoms with E-state index in [9.17, 15) is 18.0 Å². The maximum atomic E-state index is 13.5. The Morgan fingerprint density at radius 3 is 2.25 bits per heavy atom. The summed E-state index contributed by atoms with van der Waals surface area (Å²) in [6.07, 6.45) is 2.66. The summed E-state index contributed by atoms with van der Waals surface area (Å²) in [6.45, 7) is 7.21. The van der Waals surface area contributed by atoms with Gasteiger partial charge in [0.05, 0.1) is 57.4 Å². The van der Waals surface area contributed by atoms with Gasteiger partial charge in [0.15, 0.2) is 11.6 Å². The van der Waals surface area contributed by atoms with E-state index in [0.717, 1.165) is 17.2 Å². The van der Waals surface area contributed by atoms with Gasteiger partial charge < -0.3 is 44.4 Å². The van der Waals surface area contributed by atoms with Crippen LogP contribution in [-0.2, 0) is 31.5 Å². The zero-order valence-electron chi connectivity index (χ0n) is 34.4. The highest BCUT2D eigenvalue weighted by Crippen LogP contribution is 2.40. The molecule has 0 unspecified atom stereocenters. The van der Waals surface area contributed by atoms with Crippen LogP contribution in [0.2, 0.25) is 0 Å². The van der Waals surface area contributed by atoms with E-state index in [1.807, 2.05) is 45.0 Å². The number of fused-ring (bicyclic) bond motifs is 1. The molecule has 0 aliphatic rings. The number of nitrogens with zero attached hydrogens (tertiary/aromatic N) is 2. The van der Waals surface area contributed by atoms with Gasteiger partial charge in [-0.25, -0.2) is 23.0 Å². The zero-order chi connectivity index (χ0) is 43.6.